The Morgan fingerprint density at radius 3 is 2.91 bits per heavy atom. The third-order valence-corrected chi connectivity index (χ3v) is 4.25. The smallest absolute Gasteiger partial charge is 0.193 e. The van der Waals surface area contributed by atoms with Gasteiger partial charge in [-0.05, 0) is 41.3 Å². The van der Waals surface area contributed by atoms with Crippen molar-refractivity contribution < 1.29 is 4.74 Å². The van der Waals surface area contributed by atoms with Gasteiger partial charge in [-0.3, -0.25) is 4.99 Å². The van der Waals surface area contributed by atoms with Crippen molar-refractivity contribution >= 4 is 45.9 Å². The summed E-state index contributed by atoms with van der Waals surface area (Å²) in [5.74, 6) is 0.922. The summed E-state index contributed by atoms with van der Waals surface area (Å²) in [6, 6.07) is 2.14. The van der Waals surface area contributed by atoms with Crippen LogP contribution >= 0.6 is 39.9 Å². The zero-order valence-corrected chi connectivity index (χ0v) is 17.4. The minimum atomic E-state index is 0. The molecule has 126 valence electrons. The number of aliphatic imine (C=N–C) groups is 1. The molecule has 0 aliphatic carbocycles. The monoisotopic (exact) mass is 484 g/mol. The highest BCUT2D eigenvalue weighted by Gasteiger charge is 2.15. The number of rotatable bonds is 5. The van der Waals surface area contributed by atoms with Crippen LogP contribution in [-0.4, -0.2) is 48.8 Å². The van der Waals surface area contributed by atoms with Gasteiger partial charge in [-0.2, -0.15) is 0 Å². The number of hydrogen-bond acceptors (Lipinski definition) is 2. The first-order chi connectivity index (χ1) is 10.1. The lowest BCUT2D eigenvalue weighted by molar-refractivity contribution is 0.105. The number of aryl methyl sites for hydroxylation is 1. The van der Waals surface area contributed by atoms with E-state index in [0.717, 1.165) is 36.5 Å². The molecular weight excluding hydrogens is 459 g/mol. The van der Waals surface area contributed by atoms with Gasteiger partial charge >= 0.3 is 0 Å². The van der Waals surface area contributed by atoms with E-state index in [-0.39, 0.29) is 24.0 Å². The molecule has 1 atom stereocenters. The molecule has 0 aromatic carbocycles. The molecule has 0 saturated carbocycles. The van der Waals surface area contributed by atoms with Gasteiger partial charge < -0.3 is 19.5 Å². The Morgan fingerprint density at radius 1 is 1.59 bits per heavy atom. The Hall–Kier alpha value is -0.280. The molecule has 1 N–H and O–H groups in total. The van der Waals surface area contributed by atoms with E-state index in [1.54, 1.807) is 0 Å². The lowest BCUT2D eigenvalue weighted by atomic mass is 10.2. The molecule has 1 aromatic heterocycles. The van der Waals surface area contributed by atoms with E-state index >= 15 is 0 Å². The van der Waals surface area contributed by atoms with Gasteiger partial charge in [-0.25, -0.2) is 0 Å². The van der Waals surface area contributed by atoms with Crippen molar-refractivity contribution in [2.45, 2.75) is 31.9 Å². The highest BCUT2D eigenvalue weighted by molar-refractivity contribution is 14.0. The van der Waals surface area contributed by atoms with Crippen molar-refractivity contribution in [1.82, 2.24) is 14.8 Å². The van der Waals surface area contributed by atoms with E-state index < -0.39 is 0 Å². The molecule has 0 radical (unpaired) electrons. The largest absolute Gasteiger partial charge is 0.378 e. The lowest BCUT2D eigenvalue weighted by Gasteiger charge is -2.23. The third kappa shape index (κ3) is 5.73. The summed E-state index contributed by atoms with van der Waals surface area (Å²) in [5.41, 5.74) is 1.24. The van der Waals surface area contributed by atoms with Crippen LogP contribution in [0.4, 0.5) is 0 Å². The first-order valence-corrected chi connectivity index (χ1v) is 8.23. The first-order valence-electron chi connectivity index (χ1n) is 7.44. The molecule has 0 amide bonds. The third-order valence-electron chi connectivity index (χ3n) is 3.82. The number of halogens is 2. The molecule has 1 aliphatic rings. The summed E-state index contributed by atoms with van der Waals surface area (Å²) in [6.45, 7) is 2.64. The second-order valence-corrected chi connectivity index (χ2v) is 6.43. The molecule has 5 nitrogen and oxygen atoms in total. The average Bonchev–Trinajstić information content (AvgIpc) is 3.05. The number of ether oxygens (including phenoxy) is 1. The van der Waals surface area contributed by atoms with Gasteiger partial charge in [-0.15, -0.1) is 24.0 Å². The Bertz CT molecular complexity index is 486. The molecule has 0 spiro atoms. The number of guanidine groups is 1. The van der Waals surface area contributed by atoms with Crippen LogP contribution in [0.2, 0.25) is 0 Å². The maximum atomic E-state index is 5.64. The van der Waals surface area contributed by atoms with Crippen LogP contribution < -0.4 is 5.32 Å². The first kappa shape index (κ1) is 19.8. The number of hydrogen-bond donors (Lipinski definition) is 1. The minimum absolute atomic E-state index is 0. The molecule has 2 rings (SSSR count). The van der Waals surface area contributed by atoms with E-state index in [2.05, 4.69) is 62.1 Å². The van der Waals surface area contributed by atoms with E-state index in [1.165, 1.54) is 18.5 Å². The fourth-order valence-electron chi connectivity index (χ4n) is 2.64. The van der Waals surface area contributed by atoms with Crippen LogP contribution in [0.25, 0.3) is 0 Å². The zero-order valence-electron chi connectivity index (χ0n) is 13.5. The average molecular weight is 485 g/mol. The normalized spacial score (nSPS) is 18.2. The molecule has 1 aliphatic heterocycles. The predicted octanol–water partition coefficient (Wildman–Crippen LogP) is 2.98. The molecule has 22 heavy (non-hydrogen) atoms. The zero-order chi connectivity index (χ0) is 15.2. The standard InChI is InChI=1S/C15H25BrN4O.HI/c1-17-15(18-7-6-14-5-4-8-21-14)20(3)11-13-9-12(16)10-19(13)2;/h9-10,14H,4-8,11H2,1-3H3,(H,17,18);1H. The Labute approximate surface area is 158 Å². The topological polar surface area (TPSA) is 41.8 Å². The van der Waals surface area contributed by atoms with E-state index in [9.17, 15) is 0 Å². The van der Waals surface area contributed by atoms with Gasteiger partial charge in [0.1, 0.15) is 0 Å². The van der Waals surface area contributed by atoms with Crippen molar-refractivity contribution in [2.75, 3.05) is 27.2 Å². The molecule has 2 heterocycles. The quantitative estimate of drug-likeness (QED) is 0.397. The number of nitrogens with zero attached hydrogens (tertiary/aromatic N) is 3. The fourth-order valence-corrected chi connectivity index (χ4v) is 3.21. The van der Waals surface area contributed by atoms with Crippen molar-refractivity contribution in [3.05, 3.63) is 22.4 Å². The summed E-state index contributed by atoms with van der Waals surface area (Å²) in [5, 5.41) is 3.42. The number of nitrogens with one attached hydrogen (secondary N) is 1. The number of aromatic nitrogens is 1. The SMILES string of the molecule is CN=C(NCCC1CCCO1)N(C)Cc1cc(Br)cn1C.I. The maximum Gasteiger partial charge on any atom is 0.193 e. The van der Waals surface area contributed by atoms with Crippen LogP contribution in [0.1, 0.15) is 25.0 Å². The lowest BCUT2D eigenvalue weighted by Crippen LogP contribution is -2.39. The van der Waals surface area contributed by atoms with E-state index in [4.69, 9.17) is 4.74 Å². The summed E-state index contributed by atoms with van der Waals surface area (Å²) in [4.78, 5) is 6.49. The molecule has 0 bridgehead atoms. The van der Waals surface area contributed by atoms with Gasteiger partial charge in [0.25, 0.3) is 0 Å². The molecule has 7 heteroatoms. The summed E-state index contributed by atoms with van der Waals surface area (Å²) < 4.78 is 8.87. The van der Waals surface area contributed by atoms with Crippen molar-refractivity contribution in [2.24, 2.45) is 12.0 Å². The van der Waals surface area contributed by atoms with Crippen LogP contribution in [0, 0.1) is 0 Å². The summed E-state index contributed by atoms with van der Waals surface area (Å²) in [7, 11) is 5.94. The molecule has 1 unspecified atom stereocenters. The Morgan fingerprint density at radius 2 is 2.36 bits per heavy atom. The summed E-state index contributed by atoms with van der Waals surface area (Å²) >= 11 is 3.51. The molecular formula is C15H26BrIN4O. The van der Waals surface area contributed by atoms with Gasteiger partial charge in [-0.1, -0.05) is 0 Å². The predicted molar refractivity (Wildman–Crippen MR) is 105 cm³/mol. The van der Waals surface area contributed by atoms with Crippen LogP contribution in [0.15, 0.2) is 21.7 Å². The minimum Gasteiger partial charge on any atom is -0.378 e. The van der Waals surface area contributed by atoms with Gasteiger partial charge in [0.15, 0.2) is 5.96 Å². The molecule has 1 saturated heterocycles. The highest BCUT2D eigenvalue weighted by Crippen LogP contribution is 2.16. The second kappa shape index (κ2) is 9.77. The molecule has 1 fully saturated rings. The Balaban J connectivity index is 0.00000242. The summed E-state index contributed by atoms with van der Waals surface area (Å²) in [6.07, 6.45) is 5.92. The van der Waals surface area contributed by atoms with Crippen molar-refractivity contribution in [1.29, 1.82) is 0 Å². The van der Waals surface area contributed by atoms with Gasteiger partial charge in [0, 0.05) is 50.7 Å². The Kier molecular flexibility index (Phi) is 8.78. The van der Waals surface area contributed by atoms with Crippen molar-refractivity contribution in [3.8, 4) is 0 Å². The van der Waals surface area contributed by atoms with Gasteiger partial charge in [0.05, 0.1) is 12.6 Å². The van der Waals surface area contributed by atoms with Gasteiger partial charge in [0.2, 0.25) is 0 Å². The maximum absolute atomic E-state index is 5.64. The molecule has 1 aromatic rings. The van der Waals surface area contributed by atoms with E-state index in [0.29, 0.717) is 6.10 Å². The second-order valence-electron chi connectivity index (χ2n) is 5.51. The fraction of sp³-hybridized carbons (Fsp3) is 0.667. The van der Waals surface area contributed by atoms with Crippen molar-refractivity contribution in [3.63, 3.8) is 0 Å². The van der Waals surface area contributed by atoms with Crippen LogP contribution in [-0.2, 0) is 18.3 Å². The van der Waals surface area contributed by atoms with E-state index in [1.807, 2.05) is 7.05 Å². The van der Waals surface area contributed by atoms with Crippen LogP contribution in [0.3, 0.4) is 0 Å². The van der Waals surface area contributed by atoms with Crippen LogP contribution in [0.5, 0.6) is 0 Å². The highest BCUT2D eigenvalue weighted by atomic mass is 127.